The van der Waals surface area contributed by atoms with Crippen molar-refractivity contribution in [2.75, 3.05) is 5.75 Å². The lowest BCUT2D eigenvalue weighted by Gasteiger charge is -2.10. The molecule has 11 heteroatoms. The molecule has 2 aromatic carbocycles. The summed E-state index contributed by atoms with van der Waals surface area (Å²) >= 11 is 4.65. The standard InChI is InChI=1S/C23H16BrN7O2S/c24-15-7-9-16(10-8-15)31-21(14-4-3-11-25-12-14)29-30-23(31)34-13-19(32)27-28-20-17-5-1-2-6-18(17)26-22(20)33/h1-12,26,33H,13H2. The van der Waals surface area contributed by atoms with E-state index in [0.29, 0.717) is 21.9 Å². The lowest BCUT2D eigenvalue weighted by molar-refractivity contribution is -0.115. The summed E-state index contributed by atoms with van der Waals surface area (Å²) in [7, 11) is 0. The van der Waals surface area contributed by atoms with E-state index in [1.165, 1.54) is 11.8 Å². The van der Waals surface area contributed by atoms with Crippen molar-refractivity contribution in [2.45, 2.75) is 5.16 Å². The summed E-state index contributed by atoms with van der Waals surface area (Å²) in [6, 6.07) is 18.7. The third-order valence-corrected chi connectivity index (χ3v) is 6.33. The maximum absolute atomic E-state index is 12.5. The maximum Gasteiger partial charge on any atom is 0.275 e. The molecule has 5 rings (SSSR count). The number of thioether (sulfide) groups is 1. The van der Waals surface area contributed by atoms with Crippen LogP contribution in [0.3, 0.4) is 0 Å². The highest BCUT2D eigenvalue weighted by Gasteiger charge is 2.18. The second-order valence-corrected chi connectivity index (χ2v) is 8.97. The molecule has 34 heavy (non-hydrogen) atoms. The summed E-state index contributed by atoms with van der Waals surface area (Å²) in [5.74, 6) is -0.00548. The van der Waals surface area contributed by atoms with Gasteiger partial charge in [0.2, 0.25) is 5.88 Å². The lowest BCUT2D eigenvalue weighted by atomic mass is 10.2. The van der Waals surface area contributed by atoms with E-state index >= 15 is 0 Å². The van der Waals surface area contributed by atoms with Crippen LogP contribution < -0.4 is 0 Å². The van der Waals surface area contributed by atoms with Gasteiger partial charge in [-0.15, -0.1) is 20.4 Å². The molecule has 168 valence electrons. The number of halogens is 1. The number of H-pyrrole nitrogens is 1. The third kappa shape index (κ3) is 4.47. The van der Waals surface area contributed by atoms with Crippen LogP contribution in [0.2, 0.25) is 0 Å². The zero-order valence-electron chi connectivity index (χ0n) is 17.5. The number of amides is 1. The number of benzene rings is 2. The molecule has 3 heterocycles. The molecular weight excluding hydrogens is 518 g/mol. The van der Waals surface area contributed by atoms with E-state index in [1.54, 1.807) is 24.5 Å². The summed E-state index contributed by atoms with van der Waals surface area (Å²) in [5, 5.41) is 27.7. The number of fused-ring (bicyclic) bond motifs is 1. The van der Waals surface area contributed by atoms with Gasteiger partial charge in [-0.3, -0.25) is 14.3 Å². The van der Waals surface area contributed by atoms with Crippen molar-refractivity contribution < 1.29 is 9.90 Å². The van der Waals surface area contributed by atoms with Crippen LogP contribution in [0.15, 0.2) is 92.9 Å². The molecule has 0 radical (unpaired) electrons. The number of carbonyl (C=O) groups is 1. The Morgan fingerprint density at radius 1 is 1.09 bits per heavy atom. The molecule has 0 spiro atoms. The third-order valence-electron chi connectivity index (χ3n) is 4.88. The predicted molar refractivity (Wildman–Crippen MR) is 133 cm³/mol. The SMILES string of the molecule is O=C(CSc1nnc(-c2cccnc2)n1-c1ccc(Br)cc1)N=Nc1c(O)[nH]c2ccccc12. The number of hydrogen-bond acceptors (Lipinski definition) is 7. The molecule has 0 aliphatic rings. The van der Waals surface area contributed by atoms with Crippen LogP contribution >= 0.6 is 27.7 Å². The lowest BCUT2D eigenvalue weighted by Crippen LogP contribution is -2.02. The van der Waals surface area contributed by atoms with E-state index in [0.717, 1.165) is 15.7 Å². The Labute approximate surface area is 206 Å². The smallest absolute Gasteiger partial charge is 0.275 e. The Morgan fingerprint density at radius 2 is 1.91 bits per heavy atom. The van der Waals surface area contributed by atoms with E-state index < -0.39 is 5.91 Å². The molecule has 0 fully saturated rings. The molecule has 0 bridgehead atoms. The average Bonchev–Trinajstić information content (AvgIpc) is 3.42. The number of hydrogen-bond donors (Lipinski definition) is 2. The fraction of sp³-hybridized carbons (Fsp3) is 0.0435. The van der Waals surface area contributed by atoms with Crippen LogP contribution in [0.1, 0.15) is 0 Å². The van der Waals surface area contributed by atoms with E-state index in [2.05, 4.69) is 46.3 Å². The normalized spacial score (nSPS) is 11.4. The first-order chi connectivity index (χ1) is 16.6. The first-order valence-electron chi connectivity index (χ1n) is 10.1. The first-order valence-corrected chi connectivity index (χ1v) is 11.9. The van der Waals surface area contributed by atoms with Crippen LogP contribution in [-0.4, -0.2) is 41.5 Å². The highest BCUT2D eigenvalue weighted by molar-refractivity contribution is 9.10. The molecule has 0 unspecified atom stereocenters. The van der Waals surface area contributed by atoms with Gasteiger partial charge in [-0.2, -0.15) is 0 Å². The number of nitrogens with zero attached hydrogens (tertiary/aromatic N) is 6. The number of carbonyl (C=O) groups excluding carboxylic acids is 1. The van der Waals surface area contributed by atoms with Crippen molar-refractivity contribution in [3.63, 3.8) is 0 Å². The number of pyridine rings is 1. The molecule has 2 N–H and O–H groups in total. The number of para-hydroxylation sites is 1. The molecule has 0 aliphatic heterocycles. The van der Waals surface area contributed by atoms with Crippen molar-refractivity contribution in [3.8, 4) is 23.0 Å². The molecule has 1 amide bonds. The highest BCUT2D eigenvalue weighted by Crippen LogP contribution is 2.35. The average molecular weight is 534 g/mol. The van der Waals surface area contributed by atoms with Crippen LogP contribution in [0.25, 0.3) is 28.0 Å². The van der Waals surface area contributed by atoms with Gasteiger partial charge in [-0.1, -0.05) is 45.9 Å². The van der Waals surface area contributed by atoms with E-state index in [1.807, 2.05) is 53.1 Å². The van der Waals surface area contributed by atoms with Gasteiger partial charge in [0, 0.05) is 33.5 Å². The number of rotatable bonds is 6. The Morgan fingerprint density at radius 3 is 2.71 bits per heavy atom. The van der Waals surface area contributed by atoms with Gasteiger partial charge in [0.1, 0.15) is 0 Å². The van der Waals surface area contributed by atoms with E-state index in [-0.39, 0.29) is 17.3 Å². The summed E-state index contributed by atoms with van der Waals surface area (Å²) in [6.45, 7) is 0. The predicted octanol–water partition coefficient (Wildman–Crippen LogP) is 5.68. The summed E-state index contributed by atoms with van der Waals surface area (Å²) < 4.78 is 2.81. The fourth-order valence-electron chi connectivity index (χ4n) is 3.34. The molecule has 0 aliphatic carbocycles. The van der Waals surface area contributed by atoms with Gasteiger partial charge in [0.05, 0.1) is 11.3 Å². The van der Waals surface area contributed by atoms with Gasteiger partial charge in [0.25, 0.3) is 5.91 Å². The Hall–Kier alpha value is -3.83. The monoisotopic (exact) mass is 533 g/mol. The van der Waals surface area contributed by atoms with E-state index in [9.17, 15) is 9.90 Å². The quantitative estimate of drug-likeness (QED) is 0.214. The minimum absolute atomic E-state index is 0.00564. The number of aromatic hydroxyl groups is 1. The van der Waals surface area contributed by atoms with Crippen molar-refractivity contribution in [3.05, 3.63) is 77.5 Å². The summed E-state index contributed by atoms with van der Waals surface area (Å²) in [4.78, 5) is 19.5. The molecule has 0 atom stereocenters. The first kappa shape index (κ1) is 22.0. The summed E-state index contributed by atoms with van der Waals surface area (Å²) in [6.07, 6.45) is 3.40. The fourth-order valence-corrected chi connectivity index (χ4v) is 4.34. The van der Waals surface area contributed by atoms with Gasteiger partial charge in [-0.25, -0.2) is 0 Å². The summed E-state index contributed by atoms with van der Waals surface area (Å²) in [5.41, 5.74) is 2.57. The van der Waals surface area contributed by atoms with Crippen molar-refractivity contribution in [1.82, 2.24) is 24.7 Å². The number of nitrogens with one attached hydrogen (secondary N) is 1. The number of aromatic nitrogens is 5. The highest BCUT2D eigenvalue weighted by atomic mass is 79.9. The van der Waals surface area contributed by atoms with Crippen molar-refractivity contribution in [1.29, 1.82) is 0 Å². The van der Waals surface area contributed by atoms with E-state index in [4.69, 9.17) is 0 Å². The molecular formula is C23H16BrN7O2S. The van der Waals surface area contributed by atoms with Crippen molar-refractivity contribution in [2.24, 2.45) is 10.2 Å². The minimum Gasteiger partial charge on any atom is -0.493 e. The second kappa shape index (κ2) is 9.57. The van der Waals surface area contributed by atoms with Crippen LogP contribution in [0.4, 0.5) is 5.69 Å². The van der Waals surface area contributed by atoms with Crippen molar-refractivity contribution >= 4 is 50.2 Å². The zero-order chi connectivity index (χ0) is 23.5. The number of aromatic amines is 1. The van der Waals surface area contributed by atoms with Gasteiger partial charge in [0.15, 0.2) is 16.7 Å². The Balaban J connectivity index is 1.39. The molecule has 0 saturated carbocycles. The largest absolute Gasteiger partial charge is 0.493 e. The van der Waals surface area contributed by atoms with Crippen LogP contribution in [0.5, 0.6) is 5.88 Å². The zero-order valence-corrected chi connectivity index (χ0v) is 19.9. The van der Waals surface area contributed by atoms with Crippen LogP contribution in [-0.2, 0) is 4.79 Å². The van der Waals surface area contributed by atoms with Gasteiger partial charge in [-0.05, 0) is 42.5 Å². The molecule has 9 nitrogen and oxygen atoms in total. The van der Waals surface area contributed by atoms with Gasteiger partial charge < -0.3 is 10.1 Å². The minimum atomic E-state index is -0.469. The molecule has 0 saturated heterocycles. The maximum atomic E-state index is 12.5. The van der Waals surface area contributed by atoms with Crippen LogP contribution in [0, 0.1) is 0 Å². The molecule has 3 aromatic heterocycles. The Kier molecular flexibility index (Phi) is 6.19. The Bertz CT molecular complexity index is 1500. The molecule has 5 aromatic rings. The van der Waals surface area contributed by atoms with Gasteiger partial charge >= 0.3 is 0 Å². The number of azo groups is 1. The second-order valence-electron chi connectivity index (χ2n) is 7.11. The topological polar surface area (TPSA) is 121 Å².